The monoisotopic (exact) mass is 1440 g/mol. The molecule has 6 aliphatic rings. The summed E-state index contributed by atoms with van der Waals surface area (Å²) in [6, 6.07) is 64.8. The molecule has 1 unspecified atom stereocenters. The Balaban J connectivity index is 1.000. The van der Waals surface area contributed by atoms with Gasteiger partial charge in [0.2, 0.25) is 22.8 Å². The van der Waals surface area contributed by atoms with Gasteiger partial charge in [-0.1, -0.05) is 181 Å². The van der Waals surface area contributed by atoms with Crippen LogP contribution < -0.4 is 21.3 Å². The van der Waals surface area contributed by atoms with Crippen molar-refractivity contribution in [2.24, 2.45) is 0 Å². The van der Waals surface area contributed by atoms with Crippen molar-refractivity contribution in [1.29, 1.82) is 0 Å². The lowest BCUT2D eigenvalue weighted by Gasteiger charge is -2.41. The van der Waals surface area contributed by atoms with E-state index in [1.54, 1.807) is 27.7 Å². The Morgan fingerprint density at radius 2 is 0.661 bits per heavy atom. The number of Topliss-reactive ketones (excluding diaryl/α,β-unsaturated/α-hetero) is 2. The normalized spacial score (nSPS) is 14.9. The van der Waals surface area contributed by atoms with Crippen molar-refractivity contribution in [3.63, 3.8) is 0 Å². The molecule has 538 valence electrons. The van der Waals surface area contributed by atoms with Crippen LogP contribution in [0.1, 0.15) is 151 Å². The first kappa shape index (κ1) is 69.9. The van der Waals surface area contributed by atoms with Crippen LogP contribution in [0.3, 0.4) is 0 Å². The third kappa shape index (κ3) is 11.4. The zero-order valence-electron chi connectivity index (χ0n) is 60.6. The van der Waals surface area contributed by atoms with Crippen LogP contribution in [0.5, 0.6) is 0 Å². The molecule has 0 aliphatic carbocycles. The van der Waals surface area contributed by atoms with Gasteiger partial charge in [-0.2, -0.15) is 9.13 Å². The Labute approximate surface area is 627 Å². The molecule has 10 aromatic rings. The highest BCUT2D eigenvalue weighted by atomic mass is 16.5. The predicted molar refractivity (Wildman–Crippen MR) is 416 cm³/mol. The van der Waals surface area contributed by atoms with Gasteiger partial charge in [0, 0.05) is 78.9 Å². The van der Waals surface area contributed by atoms with Crippen LogP contribution in [0, 0.1) is 0 Å². The molecular formula is C91H74N6O12+2. The van der Waals surface area contributed by atoms with E-state index in [-0.39, 0.29) is 98.0 Å². The fourth-order valence-electron chi connectivity index (χ4n) is 15.9. The number of rotatable bonds is 26. The highest BCUT2D eigenvalue weighted by Crippen LogP contribution is 2.61. The lowest BCUT2D eigenvalue weighted by Crippen LogP contribution is -2.71. The Kier molecular flexibility index (Phi) is 17.8. The molecule has 18 nitrogen and oxygen atoms in total. The first-order valence-electron chi connectivity index (χ1n) is 36.2. The summed E-state index contributed by atoms with van der Waals surface area (Å²) >= 11 is 0. The molecule has 2 N–H and O–H groups in total. The van der Waals surface area contributed by atoms with E-state index in [0.717, 1.165) is 133 Å². The van der Waals surface area contributed by atoms with E-state index in [0.29, 0.717) is 35.1 Å². The Morgan fingerprint density at radius 3 is 1.01 bits per heavy atom. The minimum absolute atomic E-state index is 0.0488. The molecular weight excluding hydrogens is 1370 g/mol. The van der Waals surface area contributed by atoms with Crippen molar-refractivity contribution in [2.75, 3.05) is 39.5 Å². The average Bonchev–Trinajstić information content (AvgIpc) is 1.59. The van der Waals surface area contributed by atoms with Gasteiger partial charge in [0.15, 0.2) is 11.6 Å². The Bertz CT molecular complexity index is 5710. The quantitative estimate of drug-likeness (QED) is 0.0129. The van der Waals surface area contributed by atoms with Gasteiger partial charge >= 0.3 is 29.8 Å². The standard InChI is InChI=1S/C91H72N6O12/c1-51(2)87(102)106-47-17-27-71(98)55-29-33-57(34-30-55)73-77-63-19-9-10-20-64(63)78-74(58-35-31-56(32-36-58)72(99)28-18-48-107-88(103)52(3)4)80-66-22-12-14-24-68(66)82-76(60-39-43-62(44-40-60)86(101)93-46-50-109-90(105)54(7)8)84-70-26-16-15-25-69(70)83-75(59-37-41-61(42-38-59)85(100)92-45-49-108-89(104)53(5)6)81-67-23-13-11-21-65(67)79(73)95(81)91(94(77)78,96(80)82)97(83)84/h9-16,19-26,29-44H,1,3,5,7,17-18,27-28,45-50H2,2,4,6,8H3/p+2. The molecule has 0 fully saturated rings. The lowest BCUT2D eigenvalue weighted by molar-refractivity contribution is -0.805. The van der Waals surface area contributed by atoms with E-state index in [4.69, 9.17) is 18.9 Å². The van der Waals surface area contributed by atoms with E-state index in [2.05, 4.69) is 152 Å². The number of esters is 4. The van der Waals surface area contributed by atoms with Crippen LogP contribution in [0.2, 0.25) is 0 Å². The first-order chi connectivity index (χ1) is 52.8. The summed E-state index contributed by atoms with van der Waals surface area (Å²) in [6.45, 7) is 21.2. The van der Waals surface area contributed by atoms with Gasteiger partial charge in [0.1, 0.15) is 13.2 Å². The highest BCUT2D eigenvalue weighted by molar-refractivity contribution is 6.37. The molecule has 6 aliphatic heterocycles. The van der Waals surface area contributed by atoms with Crippen LogP contribution in [-0.4, -0.2) is 116 Å². The zero-order valence-corrected chi connectivity index (χ0v) is 60.6. The number of amides is 2. The van der Waals surface area contributed by atoms with E-state index in [9.17, 15) is 38.4 Å². The molecule has 0 bridgehead atoms. The van der Waals surface area contributed by atoms with Crippen LogP contribution in [0.15, 0.2) is 243 Å². The Hall–Kier alpha value is -13.5. The van der Waals surface area contributed by atoms with Crippen molar-refractivity contribution < 1.29 is 66.5 Å². The third-order valence-corrected chi connectivity index (χ3v) is 20.7. The molecule has 0 radical (unpaired) electrons. The number of fused-ring (bicyclic) bond motifs is 12. The molecule has 8 aromatic carbocycles. The van der Waals surface area contributed by atoms with Crippen LogP contribution in [0.25, 0.3) is 55.2 Å². The second-order valence-electron chi connectivity index (χ2n) is 28.0. The summed E-state index contributed by atoms with van der Waals surface area (Å²) in [6.07, 6.45) is 0.897. The number of hydrogen-bond donors (Lipinski definition) is 2. The van der Waals surface area contributed by atoms with Crippen LogP contribution in [-0.2, 0) is 44.0 Å². The molecule has 2 aromatic heterocycles. The third-order valence-electron chi connectivity index (χ3n) is 20.7. The minimum Gasteiger partial charge on any atom is -0.462 e. The van der Waals surface area contributed by atoms with Crippen molar-refractivity contribution >= 4 is 114 Å². The van der Waals surface area contributed by atoms with Gasteiger partial charge in [-0.3, -0.25) is 19.2 Å². The maximum absolute atomic E-state index is 14.3. The van der Waals surface area contributed by atoms with Crippen molar-refractivity contribution in [2.45, 2.75) is 59.3 Å². The Morgan fingerprint density at radius 1 is 0.358 bits per heavy atom. The second-order valence-corrected chi connectivity index (χ2v) is 28.0. The first-order valence-corrected chi connectivity index (χ1v) is 36.2. The lowest BCUT2D eigenvalue weighted by atomic mass is 9.90. The average molecular weight is 1440 g/mol. The van der Waals surface area contributed by atoms with E-state index < -0.39 is 29.8 Å². The van der Waals surface area contributed by atoms with E-state index in [1.807, 2.05) is 97.1 Å². The summed E-state index contributed by atoms with van der Waals surface area (Å²) in [5.41, 5.74) is 18.5. The molecule has 0 saturated heterocycles. The molecule has 1 spiro atoms. The highest BCUT2D eigenvalue weighted by Gasteiger charge is 2.76. The minimum atomic E-state index is -1.48. The van der Waals surface area contributed by atoms with Gasteiger partial charge in [0.05, 0.1) is 92.9 Å². The molecule has 2 amide bonds. The maximum Gasteiger partial charge on any atom is 0.554 e. The molecule has 18 heteroatoms. The van der Waals surface area contributed by atoms with Gasteiger partial charge in [-0.05, 0) is 111 Å². The number of carbonyl (C=O) groups is 8. The van der Waals surface area contributed by atoms with Crippen molar-refractivity contribution in [1.82, 2.24) is 19.8 Å². The van der Waals surface area contributed by atoms with Crippen molar-refractivity contribution in [3.05, 3.63) is 332 Å². The summed E-state index contributed by atoms with van der Waals surface area (Å²) in [5, 5.41) is 11.3. The topological polar surface area (TPSA) is 213 Å². The van der Waals surface area contributed by atoms with Crippen LogP contribution >= 0.6 is 0 Å². The predicted octanol–water partition coefficient (Wildman–Crippen LogP) is 12.5. The zero-order chi connectivity index (χ0) is 75.8. The number of ether oxygens (including phenoxy) is 4. The van der Waals surface area contributed by atoms with E-state index in [1.165, 1.54) is 0 Å². The summed E-state index contributed by atoms with van der Waals surface area (Å²) in [5.74, 6) is -4.56. The van der Waals surface area contributed by atoms with Gasteiger partial charge in [-0.25, -0.2) is 19.2 Å². The number of ketones is 2. The van der Waals surface area contributed by atoms with E-state index >= 15 is 0 Å². The molecule has 16 rings (SSSR count). The van der Waals surface area contributed by atoms with Gasteiger partial charge < -0.3 is 29.6 Å². The SMILES string of the molecule is C=C(C)C(=O)OCCCC(=O)c1ccc(C2=C3c4ccccc4C4=[N+]3C35n6c2c2ccccc2c6C(c2ccc(C(=O)NCCOC(=O)C(=C)C)cc2)=C2c6ccccc6C(=[N+]23)C(c2ccc(C(=O)NCCOC(=O)C(=C)C)cc2)=c2c3ccccc3c(n25)=C4c2ccc(C(=O)CCCOC(=O)C(=C)C)cc2)cc1. The fourth-order valence-corrected chi connectivity index (χ4v) is 15.9. The van der Waals surface area contributed by atoms with Gasteiger partial charge in [-0.15, -0.1) is 0 Å². The number of benzene rings is 8. The summed E-state index contributed by atoms with van der Waals surface area (Å²) in [7, 11) is 0. The maximum atomic E-state index is 14.3. The smallest absolute Gasteiger partial charge is 0.462 e. The number of carbonyl (C=O) groups excluding carboxylic acids is 8. The largest absolute Gasteiger partial charge is 0.554 e. The number of nitrogens with one attached hydrogen (secondary N) is 2. The number of nitrogens with zero attached hydrogens (tertiary/aromatic N) is 4. The fraction of sp³-hybridized carbons (Fsp3) is 0.165. The molecule has 0 saturated carbocycles. The number of aromatic nitrogens is 2. The summed E-state index contributed by atoms with van der Waals surface area (Å²) < 4.78 is 31.6. The second kappa shape index (κ2) is 27.8. The summed E-state index contributed by atoms with van der Waals surface area (Å²) in [4.78, 5) is 106. The molecule has 109 heavy (non-hydrogen) atoms. The number of hydrogen-bond acceptors (Lipinski definition) is 12. The van der Waals surface area contributed by atoms with Gasteiger partial charge in [0.25, 0.3) is 11.8 Å². The van der Waals surface area contributed by atoms with Crippen molar-refractivity contribution in [3.8, 4) is 0 Å². The molecule has 8 heterocycles. The van der Waals surface area contributed by atoms with Crippen LogP contribution in [0.4, 0.5) is 0 Å². The molecule has 1 atom stereocenters.